The van der Waals surface area contributed by atoms with Crippen LogP contribution in [0.25, 0.3) is 10.9 Å². The van der Waals surface area contributed by atoms with E-state index in [0.717, 1.165) is 0 Å². The first-order valence-corrected chi connectivity index (χ1v) is 7.93. The highest BCUT2D eigenvalue weighted by Gasteiger charge is 2.20. The number of aromatic amines is 1. The number of carboxylic acid groups (broad SMARTS) is 1. The minimum absolute atomic E-state index is 0.129. The predicted octanol–water partition coefficient (Wildman–Crippen LogP) is 1.81. The molecule has 0 fully saturated rings. The van der Waals surface area contributed by atoms with Crippen LogP contribution >= 0.6 is 0 Å². The first-order valence-electron chi connectivity index (χ1n) is 7.93. The van der Waals surface area contributed by atoms with Gasteiger partial charge in [-0.3, -0.25) is 4.79 Å². The zero-order valence-electron chi connectivity index (χ0n) is 14.9. The second-order valence-corrected chi connectivity index (χ2v) is 5.58. The van der Waals surface area contributed by atoms with Crippen LogP contribution in [0.5, 0.6) is 17.2 Å². The molecule has 0 saturated heterocycles. The largest absolute Gasteiger partial charge is 0.543 e. The van der Waals surface area contributed by atoms with E-state index in [4.69, 9.17) is 14.2 Å². The molecule has 0 bridgehead atoms. The van der Waals surface area contributed by atoms with Crippen molar-refractivity contribution >= 4 is 28.5 Å². The topological polar surface area (TPSA) is 113 Å². The molecule has 3 rings (SSSR count). The van der Waals surface area contributed by atoms with Crippen LogP contribution in [0.1, 0.15) is 20.8 Å². The zero-order chi connectivity index (χ0) is 19.6. The Hall–Kier alpha value is -3.68. The Morgan fingerprint density at radius 1 is 1.00 bits per heavy atom. The number of methoxy groups -OCH3 is 3. The van der Waals surface area contributed by atoms with Gasteiger partial charge in [0.25, 0.3) is 5.91 Å². The number of aromatic nitrogens is 1. The van der Waals surface area contributed by atoms with Crippen LogP contribution in [0.2, 0.25) is 0 Å². The summed E-state index contributed by atoms with van der Waals surface area (Å²) in [7, 11) is 4.33. The summed E-state index contributed by atoms with van der Waals surface area (Å²) in [6, 6.07) is 9.85. The molecule has 0 unspecified atom stereocenters. The number of H-pyrrole nitrogens is 1. The highest BCUT2D eigenvalue weighted by atomic mass is 16.5. The fourth-order valence-electron chi connectivity index (χ4n) is 2.82. The Morgan fingerprint density at radius 3 is 2.19 bits per heavy atom. The lowest BCUT2D eigenvalue weighted by Gasteiger charge is -2.14. The summed E-state index contributed by atoms with van der Waals surface area (Å²) in [5.41, 5.74) is 0.692. The maximum absolute atomic E-state index is 12.8. The van der Waals surface area contributed by atoms with Crippen LogP contribution in [0.3, 0.4) is 0 Å². The van der Waals surface area contributed by atoms with Crippen molar-refractivity contribution in [2.75, 3.05) is 26.6 Å². The van der Waals surface area contributed by atoms with Crippen molar-refractivity contribution in [3.05, 3.63) is 47.7 Å². The normalized spacial score (nSPS) is 10.5. The Labute approximate surface area is 154 Å². The molecule has 0 saturated carbocycles. The van der Waals surface area contributed by atoms with Crippen molar-refractivity contribution in [2.45, 2.75) is 0 Å². The molecule has 0 aliphatic heterocycles. The fraction of sp³-hybridized carbons (Fsp3) is 0.158. The minimum Gasteiger partial charge on any atom is -0.543 e. The van der Waals surface area contributed by atoms with Gasteiger partial charge in [0.15, 0.2) is 11.5 Å². The molecule has 8 heteroatoms. The van der Waals surface area contributed by atoms with E-state index in [0.29, 0.717) is 28.2 Å². The smallest absolute Gasteiger partial charge is 0.256 e. The number of carbonyl (C=O) groups excluding carboxylic acids is 2. The van der Waals surface area contributed by atoms with Crippen molar-refractivity contribution in [1.82, 2.24) is 4.98 Å². The van der Waals surface area contributed by atoms with Gasteiger partial charge in [0.2, 0.25) is 5.75 Å². The number of nitrogens with one attached hydrogen (secondary N) is 2. The summed E-state index contributed by atoms with van der Waals surface area (Å²) >= 11 is 0. The number of aromatic carboxylic acids is 1. The first kappa shape index (κ1) is 18.1. The SMILES string of the molecule is COc1cc(C(=O)Nc2c(C(=O)[O-])[nH]c3ccccc23)cc(OC)c1OC. The van der Waals surface area contributed by atoms with Gasteiger partial charge in [0, 0.05) is 16.5 Å². The van der Waals surface area contributed by atoms with E-state index >= 15 is 0 Å². The fourth-order valence-corrected chi connectivity index (χ4v) is 2.82. The van der Waals surface area contributed by atoms with Gasteiger partial charge in [0.05, 0.1) is 38.7 Å². The van der Waals surface area contributed by atoms with Gasteiger partial charge >= 0.3 is 0 Å². The number of benzene rings is 2. The third kappa shape index (κ3) is 3.24. The number of hydrogen-bond donors (Lipinski definition) is 2. The standard InChI is InChI=1S/C19H18N2O6/c1-25-13-8-10(9-14(26-2)17(13)27-3)18(22)21-15-11-6-4-5-7-12(11)20-16(15)19(23)24/h4-9,20H,1-3H3,(H,21,22)(H,23,24)/p-1. The van der Waals surface area contributed by atoms with E-state index in [1.54, 1.807) is 24.3 Å². The average molecular weight is 369 g/mol. The molecular formula is C19H17N2O6-. The molecule has 1 heterocycles. The molecular weight excluding hydrogens is 352 g/mol. The first-order chi connectivity index (χ1) is 13.0. The van der Waals surface area contributed by atoms with Gasteiger partial charge in [-0.2, -0.15) is 0 Å². The maximum Gasteiger partial charge on any atom is 0.256 e. The van der Waals surface area contributed by atoms with E-state index in [9.17, 15) is 14.7 Å². The van der Waals surface area contributed by atoms with Gasteiger partial charge in [-0.15, -0.1) is 0 Å². The second-order valence-electron chi connectivity index (χ2n) is 5.58. The highest BCUT2D eigenvalue weighted by Crippen LogP contribution is 2.38. The molecule has 140 valence electrons. The van der Waals surface area contributed by atoms with Crippen LogP contribution in [0, 0.1) is 0 Å². The van der Waals surface area contributed by atoms with Gasteiger partial charge in [-0.1, -0.05) is 18.2 Å². The number of ether oxygens (including phenoxy) is 3. The monoisotopic (exact) mass is 369 g/mol. The molecule has 0 aliphatic carbocycles. The summed E-state index contributed by atoms with van der Waals surface area (Å²) in [4.78, 5) is 27.0. The Kier molecular flexibility index (Phi) is 4.89. The number of rotatable bonds is 6. The van der Waals surface area contributed by atoms with Crippen molar-refractivity contribution in [3.63, 3.8) is 0 Å². The van der Waals surface area contributed by atoms with Crippen LogP contribution in [-0.4, -0.2) is 38.2 Å². The van der Waals surface area contributed by atoms with E-state index in [1.165, 1.54) is 33.5 Å². The van der Waals surface area contributed by atoms with Crippen LogP contribution in [0.4, 0.5) is 5.69 Å². The third-order valence-electron chi connectivity index (χ3n) is 4.08. The van der Waals surface area contributed by atoms with E-state index in [2.05, 4.69) is 10.3 Å². The lowest BCUT2D eigenvalue weighted by molar-refractivity contribution is -0.255. The maximum atomic E-state index is 12.8. The number of anilines is 1. The zero-order valence-corrected chi connectivity index (χ0v) is 14.9. The summed E-state index contributed by atoms with van der Waals surface area (Å²) in [5, 5.41) is 14.6. The van der Waals surface area contributed by atoms with Gasteiger partial charge < -0.3 is 34.4 Å². The van der Waals surface area contributed by atoms with Gasteiger partial charge in [-0.25, -0.2) is 0 Å². The molecule has 0 spiro atoms. The molecule has 8 nitrogen and oxygen atoms in total. The van der Waals surface area contributed by atoms with Crippen molar-refractivity contribution in [3.8, 4) is 17.2 Å². The number of amides is 1. The Morgan fingerprint density at radius 2 is 1.63 bits per heavy atom. The minimum atomic E-state index is -1.42. The predicted molar refractivity (Wildman–Crippen MR) is 96.7 cm³/mol. The Bertz CT molecular complexity index is 999. The molecule has 0 aliphatic rings. The summed E-state index contributed by atoms with van der Waals surface area (Å²) in [6.45, 7) is 0. The summed E-state index contributed by atoms with van der Waals surface area (Å²) < 4.78 is 15.7. The van der Waals surface area contributed by atoms with Crippen LogP contribution < -0.4 is 24.6 Å². The summed E-state index contributed by atoms with van der Waals surface area (Å²) in [6.07, 6.45) is 0. The molecule has 1 aromatic heterocycles. The summed E-state index contributed by atoms with van der Waals surface area (Å²) in [5.74, 6) is -1.01. The van der Waals surface area contributed by atoms with E-state index in [1.807, 2.05) is 0 Å². The molecule has 1 amide bonds. The van der Waals surface area contributed by atoms with Crippen molar-refractivity contribution in [1.29, 1.82) is 0 Å². The number of carbonyl (C=O) groups is 2. The number of para-hydroxylation sites is 1. The quantitative estimate of drug-likeness (QED) is 0.685. The lowest BCUT2D eigenvalue weighted by atomic mass is 10.1. The van der Waals surface area contributed by atoms with Crippen molar-refractivity contribution < 1.29 is 28.9 Å². The molecule has 3 aromatic rings. The second kappa shape index (κ2) is 7.28. The number of carboxylic acids is 1. The van der Waals surface area contributed by atoms with E-state index < -0.39 is 11.9 Å². The van der Waals surface area contributed by atoms with E-state index in [-0.39, 0.29) is 16.9 Å². The highest BCUT2D eigenvalue weighted by molar-refractivity contribution is 6.14. The lowest BCUT2D eigenvalue weighted by Crippen LogP contribution is -2.25. The van der Waals surface area contributed by atoms with Crippen LogP contribution in [0.15, 0.2) is 36.4 Å². The van der Waals surface area contributed by atoms with Gasteiger partial charge in [-0.05, 0) is 18.2 Å². The van der Waals surface area contributed by atoms with Crippen LogP contribution in [-0.2, 0) is 0 Å². The third-order valence-corrected chi connectivity index (χ3v) is 4.08. The molecule has 0 atom stereocenters. The molecule has 2 N–H and O–H groups in total. The molecule has 27 heavy (non-hydrogen) atoms. The van der Waals surface area contributed by atoms with Crippen molar-refractivity contribution in [2.24, 2.45) is 0 Å². The average Bonchev–Trinajstić information content (AvgIpc) is 3.05. The number of fused-ring (bicyclic) bond motifs is 1. The molecule has 2 aromatic carbocycles. The Balaban J connectivity index is 2.05. The molecule has 0 radical (unpaired) electrons. The van der Waals surface area contributed by atoms with Gasteiger partial charge in [0.1, 0.15) is 0 Å². The number of hydrogen-bond acceptors (Lipinski definition) is 6.